The first-order valence-corrected chi connectivity index (χ1v) is 7.89. The van der Waals surface area contributed by atoms with E-state index in [0.717, 1.165) is 51.4 Å². The second-order valence-electron chi connectivity index (χ2n) is 5.17. The van der Waals surface area contributed by atoms with Crippen LogP contribution in [-0.2, 0) is 9.59 Å². The molecule has 21 heavy (non-hydrogen) atoms. The fourth-order valence-corrected chi connectivity index (χ4v) is 1.91. The van der Waals surface area contributed by atoms with E-state index in [2.05, 4.69) is 13.8 Å². The Morgan fingerprint density at radius 1 is 0.762 bits per heavy atom. The molecule has 0 saturated heterocycles. The first-order chi connectivity index (χ1) is 9.44. The maximum atomic E-state index is 10.4. The molecule has 0 aromatic heterocycles. The maximum Gasteiger partial charge on any atom is 2.00 e. The summed E-state index contributed by atoms with van der Waals surface area (Å²) in [6, 6.07) is 0. The van der Waals surface area contributed by atoms with Crippen LogP contribution in [0.5, 0.6) is 0 Å². The maximum absolute atomic E-state index is 10.4. The van der Waals surface area contributed by atoms with E-state index in [9.17, 15) is 9.59 Å². The van der Waals surface area contributed by atoms with Gasteiger partial charge in [0, 0.05) is 0 Å². The van der Waals surface area contributed by atoms with E-state index in [-0.39, 0.29) is 35.7 Å². The van der Waals surface area contributed by atoms with Crippen molar-refractivity contribution >= 4 is 35.8 Å². The fourth-order valence-electron chi connectivity index (χ4n) is 1.91. The Morgan fingerprint density at radius 3 is 1.19 bits per heavy atom. The molecular formula is C16H32O4Sn+2. The SMILES string of the molecule is CCCCC(CC)C(=O)O.CCCCC(CC)C(=O)O.[Sn+2]. The Morgan fingerprint density at radius 2 is 1.05 bits per heavy atom. The van der Waals surface area contributed by atoms with Gasteiger partial charge in [-0.25, -0.2) is 0 Å². The van der Waals surface area contributed by atoms with Crippen LogP contribution in [0.25, 0.3) is 0 Å². The summed E-state index contributed by atoms with van der Waals surface area (Å²) in [5.74, 6) is -1.51. The molecule has 4 nitrogen and oxygen atoms in total. The van der Waals surface area contributed by atoms with E-state index in [0.29, 0.717) is 0 Å². The zero-order valence-corrected chi connectivity index (χ0v) is 16.9. The molecular weight excluding hydrogens is 375 g/mol. The van der Waals surface area contributed by atoms with Crippen LogP contribution in [0.4, 0.5) is 0 Å². The van der Waals surface area contributed by atoms with Crippen molar-refractivity contribution in [3.8, 4) is 0 Å². The molecule has 0 bridgehead atoms. The molecule has 122 valence electrons. The van der Waals surface area contributed by atoms with Crippen molar-refractivity contribution < 1.29 is 19.8 Å². The molecule has 0 aliphatic rings. The van der Waals surface area contributed by atoms with Gasteiger partial charge in [-0.05, 0) is 25.7 Å². The Bertz CT molecular complexity index is 231. The van der Waals surface area contributed by atoms with Gasteiger partial charge in [0.25, 0.3) is 0 Å². The average molecular weight is 407 g/mol. The summed E-state index contributed by atoms with van der Waals surface area (Å²) in [7, 11) is 0. The van der Waals surface area contributed by atoms with Gasteiger partial charge in [0.05, 0.1) is 11.8 Å². The summed E-state index contributed by atoms with van der Waals surface area (Å²) in [4.78, 5) is 20.9. The molecule has 2 atom stereocenters. The molecule has 0 aliphatic heterocycles. The number of hydrogen-bond donors (Lipinski definition) is 2. The third-order valence-electron chi connectivity index (χ3n) is 3.50. The van der Waals surface area contributed by atoms with Crippen molar-refractivity contribution in [1.29, 1.82) is 0 Å². The molecule has 0 aliphatic carbocycles. The molecule has 0 aromatic carbocycles. The van der Waals surface area contributed by atoms with Crippen molar-refractivity contribution in [3.05, 3.63) is 0 Å². The second-order valence-corrected chi connectivity index (χ2v) is 5.17. The molecule has 0 aromatic rings. The van der Waals surface area contributed by atoms with Crippen LogP contribution in [0.1, 0.15) is 79.1 Å². The number of carbonyl (C=O) groups is 2. The number of aliphatic carboxylic acids is 2. The molecule has 2 N–H and O–H groups in total. The van der Waals surface area contributed by atoms with Gasteiger partial charge >= 0.3 is 35.8 Å². The number of hydrogen-bond acceptors (Lipinski definition) is 2. The molecule has 0 fully saturated rings. The van der Waals surface area contributed by atoms with E-state index in [1.807, 2.05) is 13.8 Å². The van der Waals surface area contributed by atoms with E-state index in [4.69, 9.17) is 10.2 Å². The number of unbranched alkanes of at least 4 members (excludes halogenated alkanes) is 2. The standard InChI is InChI=1S/2C8H16O2.Sn/c2*1-3-5-6-7(4-2)8(9)10;/h2*7H,3-6H2,1-2H3,(H,9,10);/q;;+2. The smallest absolute Gasteiger partial charge is 0.481 e. The molecule has 0 spiro atoms. The summed E-state index contributed by atoms with van der Waals surface area (Å²) in [5, 5.41) is 17.2. The largest absolute Gasteiger partial charge is 2.00 e. The zero-order chi connectivity index (χ0) is 16.0. The summed E-state index contributed by atoms with van der Waals surface area (Å²) in [5.41, 5.74) is 0. The number of rotatable bonds is 10. The monoisotopic (exact) mass is 408 g/mol. The van der Waals surface area contributed by atoms with E-state index >= 15 is 0 Å². The van der Waals surface area contributed by atoms with Gasteiger partial charge in [0.15, 0.2) is 0 Å². The van der Waals surface area contributed by atoms with Gasteiger partial charge in [0.2, 0.25) is 0 Å². The molecule has 2 unspecified atom stereocenters. The minimum Gasteiger partial charge on any atom is -0.481 e. The molecule has 2 radical (unpaired) electrons. The normalized spacial score (nSPS) is 12.4. The molecule has 0 saturated carbocycles. The molecule has 0 amide bonds. The quantitative estimate of drug-likeness (QED) is 0.533. The summed E-state index contributed by atoms with van der Waals surface area (Å²) < 4.78 is 0. The Hall–Kier alpha value is -0.261. The first kappa shape index (κ1) is 25.7. The van der Waals surface area contributed by atoms with Crippen molar-refractivity contribution in [2.45, 2.75) is 79.1 Å². The van der Waals surface area contributed by atoms with Gasteiger partial charge in [-0.1, -0.05) is 53.4 Å². The van der Waals surface area contributed by atoms with Crippen LogP contribution in [0, 0.1) is 11.8 Å². The van der Waals surface area contributed by atoms with E-state index in [1.54, 1.807) is 0 Å². The summed E-state index contributed by atoms with van der Waals surface area (Å²) >= 11 is 0. The first-order valence-electron chi connectivity index (χ1n) is 7.89. The zero-order valence-electron chi connectivity index (χ0n) is 14.0. The predicted molar refractivity (Wildman–Crippen MR) is 87.6 cm³/mol. The average Bonchev–Trinajstić information content (AvgIpc) is 2.40. The van der Waals surface area contributed by atoms with E-state index < -0.39 is 11.9 Å². The number of carboxylic acid groups (broad SMARTS) is 2. The topological polar surface area (TPSA) is 74.6 Å². The van der Waals surface area contributed by atoms with Gasteiger partial charge in [-0.15, -0.1) is 0 Å². The van der Waals surface area contributed by atoms with Crippen molar-refractivity contribution in [2.24, 2.45) is 11.8 Å². The van der Waals surface area contributed by atoms with Gasteiger partial charge in [-0.3, -0.25) is 9.59 Å². The van der Waals surface area contributed by atoms with Gasteiger partial charge < -0.3 is 10.2 Å². The fraction of sp³-hybridized carbons (Fsp3) is 0.875. The van der Waals surface area contributed by atoms with Gasteiger partial charge in [-0.2, -0.15) is 0 Å². The second kappa shape index (κ2) is 17.8. The minimum atomic E-state index is -0.643. The van der Waals surface area contributed by atoms with Crippen molar-refractivity contribution in [3.63, 3.8) is 0 Å². The van der Waals surface area contributed by atoms with Crippen LogP contribution in [0.15, 0.2) is 0 Å². The molecule has 5 heteroatoms. The predicted octanol–water partition coefficient (Wildman–Crippen LogP) is 4.19. The third kappa shape index (κ3) is 15.9. The number of carboxylic acids is 2. The van der Waals surface area contributed by atoms with Crippen LogP contribution in [0.2, 0.25) is 0 Å². The Balaban J connectivity index is -0.000000295. The van der Waals surface area contributed by atoms with Crippen molar-refractivity contribution in [2.75, 3.05) is 0 Å². The Labute approximate surface area is 146 Å². The molecule has 0 heterocycles. The summed E-state index contributed by atoms with van der Waals surface area (Å²) in [6.45, 7) is 8.01. The minimum absolute atomic E-state index is 0. The summed E-state index contributed by atoms with van der Waals surface area (Å²) in [6.07, 6.45) is 7.43. The van der Waals surface area contributed by atoms with E-state index in [1.165, 1.54) is 0 Å². The third-order valence-corrected chi connectivity index (χ3v) is 3.50. The van der Waals surface area contributed by atoms with Gasteiger partial charge in [0.1, 0.15) is 0 Å². The van der Waals surface area contributed by atoms with Crippen LogP contribution in [-0.4, -0.2) is 46.1 Å². The van der Waals surface area contributed by atoms with Crippen LogP contribution in [0.3, 0.4) is 0 Å². The van der Waals surface area contributed by atoms with Crippen molar-refractivity contribution in [1.82, 2.24) is 0 Å². The molecule has 0 rings (SSSR count). The Kier molecular flexibility index (Phi) is 21.8. The van der Waals surface area contributed by atoms with Crippen LogP contribution >= 0.6 is 0 Å². The van der Waals surface area contributed by atoms with Crippen LogP contribution < -0.4 is 0 Å².